The summed E-state index contributed by atoms with van der Waals surface area (Å²) in [6.45, 7) is 1.91. The van der Waals surface area contributed by atoms with Gasteiger partial charge in [0.25, 0.3) is 5.91 Å². The van der Waals surface area contributed by atoms with Crippen LogP contribution >= 0.6 is 11.6 Å². The van der Waals surface area contributed by atoms with Crippen LogP contribution in [-0.2, 0) is 0 Å². The first kappa shape index (κ1) is 15.2. The number of halogens is 2. The molecule has 2 N–H and O–H groups in total. The van der Waals surface area contributed by atoms with Crippen LogP contribution in [0.4, 0.5) is 10.1 Å². The molecule has 23 heavy (non-hydrogen) atoms. The number of nitrogens with one attached hydrogen (secondary N) is 2. The van der Waals surface area contributed by atoms with E-state index in [-0.39, 0.29) is 10.9 Å². The highest BCUT2D eigenvalue weighted by atomic mass is 35.5. The van der Waals surface area contributed by atoms with E-state index in [2.05, 4.69) is 15.5 Å². The van der Waals surface area contributed by atoms with E-state index >= 15 is 0 Å². The molecule has 2 aromatic carbocycles. The molecule has 0 aliphatic carbocycles. The Morgan fingerprint density at radius 1 is 1.26 bits per heavy atom. The van der Waals surface area contributed by atoms with Crippen molar-refractivity contribution in [1.82, 2.24) is 10.2 Å². The Balaban J connectivity index is 1.93. The van der Waals surface area contributed by atoms with E-state index in [0.29, 0.717) is 16.8 Å². The molecule has 0 saturated carbocycles. The lowest BCUT2D eigenvalue weighted by Gasteiger charge is -2.08. The Labute approximate surface area is 137 Å². The average Bonchev–Trinajstić information content (AvgIpc) is 3.02. The maximum Gasteiger partial charge on any atom is 0.259 e. The second-order valence-electron chi connectivity index (χ2n) is 5.06. The Hall–Kier alpha value is -2.66. The van der Waals surface area contributed by atoms with Gasteiger partial charge < -0.3 is 5.32 Å². The van der Waals surface area contributed by atoms with Crippen LogP contribution in [0, 0.1) is 12.7 Å². The van der Waals surface area contributed by atoms with Crippen LogP contribution in [-0.4, -0.2) is 16.1 Å². The van der Waals surface area contributed by atoms with E-state index in [9.17, 15) is 9.18 Å². The molecule has 0 fully saturated rings. The number of amides is 1. The summed E-state index contributed by atoms with van der Waals surface area (Å²) in [5, 5.41) is 9.50. The summed E-state index contributed by atoms with van der Waals surface area (Å²) in [7, 11) is 0. The van der Waals surface area contributed by atoms with Gasteiger partial charge >= 0.3 is 0 Å². The molecule has 3 aromatic rings. The molecule has 0 radical (unpaired) electrons. The lowest BCUT2D eigenvalue weighted by Crippen LogP contribution is -2.13. The molecule has 4 nitrogen and oxygen atoms in total. The van der Waals surface area contributed by atoms with Gasteiger partial charge in [-0.25, -0.2) is 4.39 Å². The second-order valence-corrected chi connectivity index (χ2v) is 5.46. The molecule has 0 atom stereocenters. The molecule has 116 valence electrons. The first-order valence-electron chi connectivity index (χ1n) is 6.92. The SMILES string of the molecule is Cc1ccccc1NC(=O)c1cn[nH]c1-c1ccc(F)c(Cl)c1. The van der Waals surface area contributed by atoms with Crippen molar-refractivity contribution in [3.63, 3.8) is 0 Å². The van der Waals surface area contributed by atoms with Crippen molar-refractivity contribution in [3.05, 3.63) is 70.6 Å². The molecule has 1 amide bonds. The van der Waals surface area contributed by atoms with E-state index in [1.807, 2.05) is 31.2 Å². The molecule has 0 aliphatic rings. The highest BCUT2D eigenvalue weighted by molar-refractivity contribution is 6.31. The summed E-state index contributed by atoms with van der Waals surface area (Å²) in [5.41, 5.74) is 3.11. The number of benzene rings is 2. The van der Waals surface area contributed by atoms with Gasteiger partial charge in [-0.2, -0.15) is 5.10 Å². The van der Waals surface area contributed by atoms with Gasteiger partial charge in [-0.05, 0) is 36.8 Å². The number of carbonyl (C=O) groups excluding carboxylic acids is 1. The van der Waals surface area contributed by atoms with Gasteiger partial charge in [-0.1, -0.05) is 29.8 Å². The smallest absolute Gasteiger partial charge is 0.259 e. The minimum absolute atomic E-state index is 0.0117. The third kappa shape index (κ3) is 3.10. The largest absolute Gasteiger partial charge is 0.322 e. The summed E-state index contributed by atoms with van der Waals surface area (Å²) in [6, 6.07) is 11.7. The number of hydrogen-bond donors (Lipinski definition) is 2. The van der Waals surface area contributed by atoms with Crippen molar-refractivity contribution in [1.29, 1.82) is 0 Å². The van der Waals surface area contributed by atoms with Gasteiger partial charge in [0.1, 0.15) is 5.82 Å². The first-order valence-corrected chi connectivity index (χ1v) is 7.30. The minimum atomic E-state index is -0.513. The lowest BCUT2D eigenvalue weighted by molar-refractivity contribution is 0.102. The van der Waals surface area contributed by atoms with Gasteiger partial charge in [-0.3, -0.25) is 9.89 Å². The number of hydrogen-bond acceptors (Lipinski definition) is 2. The lowest BCUT2D eigenvalue weighted by atomic mass is 10.1. The highest BCUT2D eigenvalue weighted by Gasteiger charge is 2.17. The van der Waals surface area contributed by atoms with E-state index < -0.39 is 5.82 Å². The number of aryl methyl sites for hydroxylation is 1. The molecular weight excluding hydrogens is 317 g/mol. The van der Waals surface area contributed by atoms with Crippen LogP contribution in [0.5, 0.6) is 0 Å². The zero-order valence-electron chi connectivity index (χ0n) is 12.2. The van der Waals surface area contributed by atoms with Gasteiger partial charge in [0.2, 0.25) is 0 Å². The standard InChI is InChI=1S/C17H13ClFN3O/c1-10-4-2-3-5-15(10)21-17(23)12-9-20-22-16(12)11-6-7-14(19)13(18)8-11/h2-9H,1H3,(H,20,22)(H,21,23). The third-order valence-electron chi connectivity index (χ3n) is 3.49. The molecule has 0 spiro atoms. The van der Waals surface area contributed by atoms with Crippen LogP contribution < -0.4 is 5.32 Å². The van der Waals surface area contributed by atoms with E-state index in [4.69, 9.17) is 11.6 Å². The van der Waals surface area contributed by atoms with Crippen molar-refractivity contribution in [2.75, 3.05) is 5.32 Å². The number of anilines is 1. The number of aromatic nitrogens is 2. The first-order chi connectivity index (χ1) is 11.1. The number of H-pyrrole nitrogens is 1. The Morgan fingerprint density at radius 3 is 2.78 bits per heavy atom. The van der Waals surface area contributed by atoms with Crippen LogP contribution in [0.25, 0.3) is 11.3 Å². The van der Waals surface area contributed by atoms with E-state index in [1.165, 1.54) is 18.3 Å². The normalized spacial score (nSPS) is 10.6. The number of aromatic amines is 1. The third-order valence-corrected chi connectivity index (χ3v) is 3.78. The maximum absolute atomic E-state index is 13.3. The number of para-hydroxylation sites is 1. The van der Waals surface area contributed by atoms with Gasteiger partial charge in [0, 0.05) is 11.3 Å². The molecule has 1 aromatic heterocycles. The molecule has 0 saturated heterocycles. The number of carbonyl (C=O) groups is 1. The molecule has 1 heterocycles. The second kappa shape index (κ2) is 6.22. The molecule has 0 unspecified atom stereocenters. The van der Waals surface area contributed by atoms with Gasteiger partial charge in [0.15, 0.2) is 0 Å². The fourth-order valence-electron chi connectivity index (χ4n) is 2.23. The topological polar surface area (TPSA) is 57.8 Å². The van der Waals surface area contributed by atoms with Gasteiger partial charge in [0.05, 0.1) is 22.5 Å². The molecule has 6 heteroatoms. The summed E-state index contributed by atoms with van der Waals surface area (Å²) in [6.07, 6.45) is 1.43. The zero-order chi connectivity index (χ0) is 16.4. The molecule has 0 aliphatic heterocycles. The summed E-state index contributed by atoms with van der Waals surface area (Å²) >= 11 is 5.80. The highest BCUT2D eigenvalue weighted by Crippen LogP contribution is 2.26. The molecular formula is C17H13ClFN3O. The van der Waals surface area contributed by atoms with E-state index in [0.717, 1.165) is 11.3 Å². The zero-order valence-corrected chi connectivity index (χ0v) is 13.0. The summed E-state index contributed by atoms with van der Waals surface area (Å²) in [4.78, 5) is 12.5. The molecule has 0 bridgehead atoms. The maximum atomic E-state index is 13.3. The van der Waals surface area contributed by atoms with Crippen molar-refractivity contribution >= 4 is 23.2 Å². The predicted octanol–water partition coefficient (Wildman–Crippen LogP) is 4.43. The van der Waals surface area contributed by atoms with Crippen molar-refractivity contribution in [2.24, 2.45) is 0 Å². The fourth-order valence-corrected chi connectivity index (χ4v) is 2.41. The average molecular weight is 330 g/mol. The van der Waals surface area contributed by atoms with Crippen LogP contribution in [0.2, 0.25) is 5.02 Å². The Morgan fingerprint density at radius 2 is 2.04 bits per heavy atom. The fraction of sp³-hybridized carbons (Fsp3) is 0.0588. The van der Waals surface area contributed by atoms with Crippen LogP contribution in [0.1, 0.15) is 15.9 Å². The Kier molecular flexibility index (Phi) is 4.12. The van der Waals surface area contributed by atoms with Crippen molar-refractivity contribution in [2.45, 2.75) is 6.92 Å². The predicted molar refractivity (Wildman–Crippen MR) is 88.1 cm³/mol. The van der Waals surface area contributed by atoms with Crippen LogP contribution in [0.15, 0.2) is 48.7 Å². The summed E-state index contributed by atoms with van der Waals surface area (Å²) in [5.74, 6) is -0.815. The molecule has 3 rings (SSSR count). The van der Waals surface area contributed by atoms with Crippen molar-refractivity contribution < 1.29 is 9.18 Å². The van der Waals surface area contributed by atoms with Crippen molar-refractivity contribution in [3.8, 4) is 11.3 Å². The quantitative estimate of drug-likeness (QED) is 0.746. The number of nitrogens with zero attached hydrogens (tertiary/aromatic N) is 1. The monoisotopic (exact) mass is 329 g/mol. The minimum Gasteiger partial charge on any atom is -0.322 e. The Bertz CT molecular complexity index is 876. The van der Waals surface area contributed by atoms with E-state index in [1.54, 1.807) is 6.07 Å². The van der Waals surface area contributed by atoms with Gasteiger partial charge in [-0.15, -0.1) is 0 Å². The summed E-state index contributed by atoms with van der Waals surface area (Å²) < 4.78 is 13.3. The van der Waals surface area contributed by atoms with Crippen LogP contribution in [0.3, 0.4) is 0 Å². The number of rotatable bonds is 3.